The molecule has 0 aromatic heterocycles. The summed E-state index contributed by atoms with van der Waals surface area (Å²) in [5.41, 5.74) is 0. The molecule has 8 heteroatoms. The van der Waals surface area contributed by atoms with Gasteiger partial charge >= 0.3 is 0 Å². The Labute approximate surface area is 134 Å². The van der Waals surface area contributed by atoms with Crippen LogP contribution in [-0.4, -0.2) is 46.3 Å². The topological polar surface area (TPSA) is 87.3 Å². The number of piperidine rings is 1. The van der Waals surface area contributed by atoms with E-state index in [0.717, 1.165) is 13.1 Å². The van der Waals surface area contributed by atoms with E-state index >= 15 is 0 Å². The monoisotopic (exact) mass is 341 g/mol. The Kier molecular flexibility index (Phi) is 10.2. The van der Waals surface area contributed by atoms with Crippen molar-refractivity contribution in [3.8, 4) is 0 Å². The summed E-state index contributed by atoms with van der Waals surface area (Å²) in [6, 6.07) is 0. The second kappa shape index (κ2) is 10.4. The van der Waals surface area contributed by atoms with Crippen LogP contribution in [-0.2, 0) is 14.8 Å². The molecule has 0 aliphatic carbocycles. The Bertz CT molecular complexity index is 397. The summed E-state index contributed by atoms with van der Waals surface area (Å²) >= 11 is 0. The summed E-state index contributed by atoms with van der Waals surface area (Å²) in [4.78, 5) is 11.8. The number of amides is 1. The van der Waals surface area contributed by atoms with E-state index in [2.05, 4.69) is 22.3 Å². The van der Waals surface area contributed by atoms with Crippen molar-refractivity contribution in [1.29, 1.82) is 0 Å². The molecule has 1 aliphatic heterocycles. The van der Waals surface area contributed by atoms with Crippen LogP contribution >= 0.6 is 12.4 Å². The van der Waals surface area contributed by atoms with Crippen LogP contribution < -0.4 is 15.4 Å². The Balaban J connectivity index is 0.00000400. The molecule has 0 bridgehead atoms. The Morgan fingerprint density at radius 3 is 2.67 bits per heavy atom. The van der Waals surface area contributed by atoms with Crippen LogP contribution in [0.3, 0.4) is 0 Å². The van der Waals surface area contributed by atoms with Crippen molar-refractivity contribution in [3.05, 3.63) is 0 Å². The van der Waals surface area contributed by atoms with Gasteiger partial charge in [-0.3, -0.25) is 4.79 Å². The van der Waals surface area contributed by atoms with Crippen LogP contribution in [0.15, 0.2) is 0 Å². The first-order valence-corrected chi connectivity index (χ1v) is 9.04. The van der Waals surface area contributed by atoms with Gasteiger partial charge in [0.1, 0.15) is 0 Å². The number of halogens is 1. The Morgan fingerprint density at radius 1 is 1.38 bits per heavy atom. The zero-order valence-corrected chi connectivity index (χ0v) is 14.5. The molecule has 0 spiro atoms. The van der Waals surface area contributed by atoms with Crippen molar-refractivity contribution in [1.82, 2.24) is 15.4 Å². The van der Waals surface area contributed by atoms with Crippen LogP contribution in [0.25, 0.3) is 0 Å². The van der Waals surface area contributed by atoms with Crippen molar-refractivity contribution in [3.63, 3.8) is 0 Å². The van der Waals surface area contributed by atoms with Gasteiger partial charge in [-0.15, -0.1) is 12.4 Å². The average molecular weight is 342 g/mol. The summed E-state index contributed by atoms with van der Waals surface area (Å²) in [6.07, 6.45) is 2.86. The van der Waals surface area contributed by atoms with E-state index in [0.29, 0.717) is 24.8 Å². The van der Waals surface area contributed by atoms with Gasteiger partial charge in [0, 0.05) is 19.5 Å². The van der Waals surface area contributed by atoms with Gasteiger partial charge in [-0.05, 0) is 44.7 Å². The molecule has 0 radical (unpaired) electrons. The van der Waals surface area contributed by atoms with E-state index in [-0.39, 0.29) is 30.6 Å². The molecule has 21 heavy (non-hydrogen) atoms. The van der Waals surface area contributed by atoms with Crippen molar-refractivity contribution in [2.24, 2.45) is 11.8 Å². The zero-order chi connectivity index (χ0) is 15.0. The van der Waals surface area contributed by atoms with Crippen LogP contribution in [0.2, 0.25) is 0 Å². The highest BCUT2D eigenvalue weighted by Gasteiger charge is 2.21. The third-order valence-electron chi connectivity index (χ3n) is 3.80. The van der Waals surface area contributed by atoms with Crippen LogP contribution in [0.1, 0.15) is 33.1 Å². The second-order valence-electron chi connectivity index (χ2n) is 5.44. The first-order chi connectivity index (χ1) is 9.44. The molecular formula is C13H28ClN3O3S. The first-order valence-electron chi connectivity index (χ1n) is 7.39. The maximum Gasteiger partial charge on any atom is 0.220 e. The lowest BCUT2D eigenvalue weighted by molar-refractivity contribution is -0.122. The normalized spacial score (nSPS) is 20.4. The lowest BCUT2D eigenvalue weighted by Gasteiger charge is -2.28. The van der Waals surface area contributed by atoms with Gasteiger partial charge in [-0.25, -0.2) is 13.1 Å². The fraction of sp³-hybridized carbons (Fsp3) is 0.923. The number of nitrogens with one attached hydrogen (secondary N) is 3. The molecule has 1 amide bonds. The molecule has 1 fully saturated rings. The van der Waals surface area contributed by atoms with E-state index in [9.17, 15) is 13.2 Å². The smallest absolute Gasteiger partial charge is 0.220 e. The number of carbonyl (C=O) groups excluding carboxylic acids is 1. The summed E-state index contributed by atoms with van der Waals surface area (Å²) in [6.45, 7) is 6.35. The lowest BCUT2D eigenvalue weighted by Crippen LogP contribution is -2.38. The minimum absolute atomic E-state index is 0. The molecule has 0 aromatic rings. The molecule has 1 rings (SSSR count). The largest absolute Gasteiger partial charge is 0.355 e. The summed E-state index contributed by atoms with van der Waals surface area (Å²) in [7, 11) is -3.17. The van der Waals surface area contributed by atoms with Gasteiger partial charge in [-0.1, -0.05) is 6.92 Å². The molecule has 6 nitrogen and oxygen atoms in total. The number of hydrogen-bond donors (Lipinski definition) is 3. The average Bonchev–Trinajstić information content (AvgIpc) is 2.44. The highest BCUT2D eigenvalue weighted by molar-refractivity contribution is 7.89. The van der Waals surface area contributed by atoms with Gasteiger partial charge in [-0.2, -0.15) is 0 Å². The summed E-state index contributed by atoms with van der Waals surface area (Å²) < 4.78 is 24.8. The van der Waals surface area contributed by atoms with Gasteiger partial charge in [0.15, 0.2) is 0 Å². The standard InChI is InChI=1S/C13H27N3O3S.ClH/c1-3-20(18,19)16-8-7-15-13(17)9-11(2)12-5-4-6-14-10-12;/h11-12,14,16H,3-10H2,1-2H3,(H,15,17);1H. The van der Waals surface area contributed by atoms with E-state index < -0.39 is 10.0 Å². The summed E-state index contributed by atoms with van der Waals surface area (Å²) in [5.74, 6) is 0.981. The molecule has 126 valence electrons. The zero-order valence-electron chi connectivity index (χ0n) is 12.9. The number of hydrogen-bond acceptors (Lipinski definition) is 4. The minimum atomic E-state index is -3.17. The molecule has 0 aromatic carbocycles. The van der Waals surface area contributed by atoms with E-state index in [1.54, 1.807) is 6.92 Å². The predicted molar refractivity (Wildman–Crippen MR) is 87.1 cm³/mol. The fourth-order valence-electron chi connectivity index (χ4n) is 2.41. The molecule has 1 aliphatic rings. The number of rotatable bonds is 8. The lowest BCUT2D eigenvalue weighted by atomic mass is 9.85. The number of carbonyl (C=O) groups is 1. The third-order valence-corrected chi connectivity index (χ3v) is 5.20. The molecule has 2 unspecified atom stereocenters. The molecule has 0 saturated carbocycles. The maximum atomic E-state index is 11.8. The SMILES string of the molecule is CCS(=O)(=O)NCCNC(=O)CC(C)C1CCCNC1.Cl. The van der Waals surface area contributed by atoms with E-state index in [1.165, 1.54) is 12.8 Å². The van der Waals surface area contributed by atoms with Gasteiger partial charge < -0.3 is 10.6 Å². The van der Waals surface area contributed by atoms with Gasteiger partial charge in [0.25, 0.3) is 0 Å². The highest BCUT2D eigenvalue weighted by atomic mass is 35.5. The van der Waals surface area contributed by atoms with Crippen molar-refractivity contribution in [2.45, 2.75) is 33.1 Å². The predicted octanol–water partition coefficient (Wildman–Crippen LogP) is 0.490. The van der Waals surface area contributed by atoms with Crippen LogP contribution in [0, 0.1) is 11.8 Å². The van der Waals surface area contributed by atoms with Crippen molar-refractivity contribution >= 4 is 28.3 Å². The molecule has 2 atom stereocenters. The van der Waals surface area contributed by atoms with Crippen molar-refractivity contribution in [2.75, 3.05) is 31.9 Å². The van der Waals surface area contributed by atoms with Crippen LogP contribution in [0.4, 0.5) is 0 Å². The minimum Gasteiger partial charge on any atom is -0.355 e. The highest BCUT2D eigenvalue weighted by Crippen LogP contribution is 2.22. The van der Waals surface area contributed by atoms with E-state index in [1.807, 2.05) is 0 Å². The van der Waals surface area contributed by atoms with Crippen LogP contribution in [0.5, 0.6) is 0 Å². The molecule has 1 heterocycles. The Hall–Kier alpha value is -0.370. The Morgan fingerprint density at radius 2 is 2.10 bits per heavy atom. The quantitative estimate of drug-likeness (QED) is 0.561. The fourth-order valence-corrected chi connectivity index (χ4v) is 3.02. The molecule has 3 N–H and O–H groups in total. The molecular weight excluding hydrogens is 314 g/mol. The van der Waals surface area contributed by atoms with E-state index in [4.69, 9.17) is 0 Å². The summed E-state index contributed by atoms with van der Waals surface area (Å²) in [5, 5.41) is 6.12. The number of sulfonamides is 1. The maximum absolute atomic E-state index is 11.8. The van der Waals surface area contributed by atoms with Gasteiger partial charge in [0.05, 0.1) is 5.75 Å². The van der Waals surface area contributed by atoms with Crippen molar-refractivity contribution < 1.29 is 13.2 Å². The first kappa shape index (κ1) is 20.6. The van der Waals surface area contributed by atoms with Gasteiger partial charge in [0.2, 0.25) is 15.9 Å². The molecule has 1 saturated heterocycles. The third kappa shape index (κ3) is 8.60. The second-order valence-corrected chi connectivity index (χ2v) is 7.53.